The first-order chi connectivity index (χ1) is 10.2. The first-order valence-electron chi connectivity index (χ1n) is 7.50. The van der Waals surface area contributed by atoms with Crippen molar-refractivity contribution in [3.05, 3.63) is 46.6 Å². The highest BCUT2D eigenvalue weighted by molar-refractivity contribution is 6.30. The summed E-state index contributed by atoms with van der Waals surface area (Å²) in [5.41, 5.74) is 1.10. The fourth-order valence-corrected chi connectivity index (χ4v) is 3.19. The molecule has 0 amide bonds. The molecule has 1 aromatic heterocycles. The van der Waals surface area contributed by atoms with Crippen LogP contribution >= 0.6 is 11.6 Å². The Balaban J connectivity index is 1.79. The summed E-state index contributed by atoms with van der Waals surface area (Å²) < 4.78 is 5.57. The number of benzene rings is 1. The van der Waals surface area contributed by atoms with Gasteiger partial charge in [0.05, 0.1) is 5.41 Å². The summed E-state index contributed by atoms with van der Waals surface area (Å²) in [6, 6.07) is 7.78. The zero-order chi connectivity index (χ0) is 14.7. The van der Waals surface area contributed by atoms with E-state index in [0.717, 1.165) is 54.7 Å². The van der Waals surface area contributed by atoms with Crippen LogP contribution in [0.25, 0.3) is 0 Å². The first-order valence-corrected chi connectivity index (χ1v) is 7.88. The molecule has 0 saturated carbocycles. The van der Waals surface area contributed by atoms with Crippen LogP contribution < -0.4 is 5.32 Å². The maximum atomic E-state index is 6.01. The van der Waals surface area contributed by atoms with E-state index in [1.165, 1.54) is 0 Å². The number of nitrogens with zero attached hydrogens (tertiary/aromatic N) is 2. The monoisotopic (exact) mass is 305 g/mol. The molecule has 0 spiro atoms. The quantitative estimate of drug-likeness (QED) is 0.941. The molecule has 1 saturated heterocycles. The fraction of sp³-hybridized carbons (Fsp3) is 0.500. The number of halogens is 1. The van der Waals surface area contributed by atoms with Gasteiger partial charge in [-0.3, -0.25) is 0 Å². The second-order valence-corrected chi connectivity index (χ2v) is 6.17. The van der Waals surface area contributed by atoms with Crippen LogP contribution in [0.5, 0.6) is 0 Å². The molecule has 1 aliphatic rings. The Morgan fingerprint density at radius 2 is 2.33 bits per heavy atom. The van der Waals surface area contributed by atoms with Gasteiger partial charge in [-0.05, 0) is 43.5 Å². The number of rotatable bonds is 4. The lowest BCUT2D eigenvalue weighted by Gasteiger charge is -2.33. The standard InChI is InChI=1S/C16H20ClN3O/c1-2-16(7-4-8-18-11-16)15-19-14(20-21-15)10-12-5-3-6-13(17)9-12/h3,5-6,9,18H,2,4,7-8,10-11H2,1H3. The molecule has 1 aliphatic heterocycles. The summed E-state index contributed by atoms with van der Waals surface area (Å²) in [6.45, 7) is 4.18. The van der Waals surface area contributed by atoms with Crippen molar-refractivity contribution >= 4 is 11.6 Å². The summed E-state index contributed by atoms with van der Waals surface area (Å²) in [5, 5.41) is 8.33. The van der Waals surface area contributed by atoms with E-state index in [0.29, 0.717) is 6.42 Å². The molecule has 2 heterocycles. The van der Waals surface area contributed by atoms with Crippen molar-refractivity contribution in [3.8, 4) is 0 Å². The van der Waals surface area contributed by atoms with Gasteiger partial charge in [-0.15, -0.1) is 0 Å². The van der Waals surface area contributed by atoms with Gasteiger partial charge >= 0.3 is 0 Å². The lowest BCUT2D eigenvalue weighted by atomic mass is 9.78. The highest BCUT2D eigenvalue weighted by Gasteiger charge is 2.37. The van der Waals surface area contributed by atoms with Crippen LogP contribution in [0, 0.1) is 0 Å². The Morgan fingerprint density at radius 3 is 3.05 bits per heavy atom. The molecule has 3 rings (SSSR count). The van der Waals surface area contributed by atoms with Gasteiger partial charge in [-0.1, -0.05) is 35.8 Å². The van der Waals surface area contributed by atoms with Gasteiger partial charge in [0, 0.05) is 18.0 Å². The van der Waals surface area contributed by atoms with Crippen molar-refractivity contribution in [2.45, 2.75) is 38.0 Å². The first kappa shape index (κ1) is 14.5. The molecule has 0 aliphatic carbocycles. The van der Waals surface area contributed by atoms with Gasteiger partial charge in [-0.25, -0.2) is 0 Å². The van der Waals surface area contributed by atoms with E-state index >= 15 is 0 Å². The predicted molar refractivity (Wildman–Crippen MR) is 82.6 cm³/mol. The molecule has 1 N–H and O–H groups in total. The molecule has 1 fully saturated rings. The van der Waals surface area contributed by atoms with Crippen molar-refractivity contribution in [2.75, 3.05) is 13.1 Å². The molecule has 0 radical (unpaired) electrons. The molecule has 1 atom stereocenters. The van der Waals surface area contributed by atoms with E-state index in [4.69, 9.17) is 16.1 Å². The van der Waals surface area contributed by atoms with Crippen molar-refractivity contribution < 1.29 is 4.52 Å². The molecule has 5 heteroatoms. The molecular formula is C16H20ClN3O. The lowest BCUT2D eigenvalue weighted by Crippen LogP contribution is -2.43. The summed E-state index contributed by atoms with van der Waals surface area (Å²) in [6.07, 6.45) is 3.92. The number of hydrogen-bond acceptors (Lipinski definition) is 4. The Bertz CT molecular complexity index is 605. The summed E-state index contributed by atoms with van der Waals surface area (Å²) in [7, 11) is 0. The fourth-order valence-electron chi connectivity index (χ4n) is 2.97. The summed E-state index contributed by atoms with van der Waals surface area (Å²) in [4.78, 5) is 4.64. The maximum Gasteiger partial charge on any atom is 0.234 e. The minimum atomic E-state index is -0.00215. The minimum Gasteiger partial charge on any atom is -0.339 e. The SMILES string of the molecule is CCC1(c2nc(Cc3cccc(Cl)c3)no2)CCCNC1. The number of nitrogens with one attached hydrogen (secondary N) is 1. The summed E-state index contributed by atoms with van der Waals surface area (Å²) in [5.74, 6) is 1.50. The van der Waals surface area contributed by atoms with Crippen LogP contribution in [-0.2, 0) is 11.8 Å². The van der Waals surface area contributed by atoms with Crippen LogP contribution in [0.4, 0.5) is 0 Å². The highest BCUT2D eigenvalue weighted by atomic mass is 35.5. The van der Waals surface area contributed by atoms with E-state index in [1.54, 1.807) is 0 Å². The lowest BCUT2D eigenvalue weighted by molar-refractivity contribution is 0.220. The van der Waals surface area contributed by atoms with Crippen molar-refractivity contribution in [1.82, 2.24) is 15.5 Å². The summed E-state index contributed by atoms with van der Waals surface area (Å²) >= 11 is 6.01. The van der Waals surface area contributed by atoms with E-state index in [2.05, 4.69) is 22.4 Å². The topological polar surface area (TPSA) is 51.0 Å². The van der Waals surface area contributed by atoms with Crippen LogP contribution in [-0.4, -0.2) is 23.2 Å². The van der Waals surface area contributed by atoms with Crippen LogP contribution in [0.3, 0.4) is 0 Å². The van der Waals surface area contributed by atoms with Gasteiger partial charge in [0.1, 0.15) is 0 Å². The largest absolute Gasteiger partial charge is 0.339 e. The molecular weight excluding hydrogens is 286 g/mol. The molecule has 21 heavy (non-hydrogen) atoms. The third-order valence-corrected chi connectivity index (χ3v) is 4.56. The molecule has 0 bridgehead atoms. The molecule has 112 valence electrons. The Morgan fingerprint density at radius 1 is 1.43 bits per heavy atom. The number of piperidine rings is 1. The second-order valence-electron chi connectivity index (χ2n) is 5.74. The third kappa shape index (κ3) is 3.11. The highest BCUT2D eigenvalue weighted by Crippen LogP contribution is 2.33. The molecule has 1 aromatic carbocycles. The van der Waals surface area contributed by atoms with Crippen molar-refractivity contribution in [2.24, 2.45) is 0 Å². The van der Waals surface area contributed by atoms with Gasteiger partial charge in [-0.2, -0.15) is 4.98 Å². The second kappa shape index (κ2) is 6.16. The molecule has 4 nitrogen and oxygen atoms in total. The van der Waals surface area contributed by atoms with E-state index in [1.807, 2.05) is 24.3 Å². The van der Waals surface area contributed by atoms with Gasteiger partial charge in [0.2, 0.25) is 5.89 Å². The Labute approximate surface area is 129 Å². The van der Waals surface area contributed by atoms with Crippen LogP contribution in [0.15, 0.2) is 28.8 Å². The predicted octanol–water partition coefficient (Wildman–Crippen LogP) is 3.35. The molecule has 1 unspecified atom stereocenters. The van der Waals surface area contributed by atoms with Gasteiger partial charge < -0.3 is 9.84 Å². The van der Waals surface area contributed by atoms with Crippen molar-refractivity contribution in [3.63, 3.8) is 0 Å². The average Bonchev–Trinajstić information content (AvgIpc) is 2.97. The zero-order valence-corrected chi connectivity index (χ0v) is 13.0. The van der Waals surface area contributed by atoms with Gasteiger partial charge in [0.25, 0.3) is 0 Å². The Kier molecular flexibility index (Phi) is 4.27. The average molecular weight is 306 g/mol. The molecule has 2 aromatic rings. The zero-order valence-electron chi connectivity index (χ0n) is 12.2. The van der Waals surface area contributed by atoms with E-state index < -0.39 is 0 Å². The van der Waals surface area contributed by atoms with Crippen LogP contribution in [0.2, 0.25) is 5.02 Å². The number of hydrogen-bond donors (Lipinski definition) is 1. The van der Waals surface area contributed by atoms with E-state index in [9.17, 15) is 0 Å². The van der Waals surface area contributed by atoms with E-state index in [-0.39, 0.29) is 5.41 Å². The van der Waals surface area contributed by atoms with Crippen LogP contribution in [0.1, 0.15) is 43.5 Å². The van der Waals surface area contributed by atoms with Crippen molar-refractivity contribution in [1.29, 1.82) is 0 Å². The Hall–Kier alpha value is -1.39. The third-order valence-electron chi connectivity index (χ3n) is 4.32. The normalized spacial score (nSPS) is 22.4. The minimum absolute atomic E-state index is 0.00215. The smallest absolute Gasteiger partial charge is 0.234 e. The maximum absolute atomic E-state index is 6.01. The number of aromatic nitrogens is 2. The van der Waals surface area contributed by atoms with Gasteiger partial charge in [0.15, 0.2) is 5.82 Å².